The molecule has 0 aliphatic heterocycles. The van der Waals surface area contributed by atoms with E-state index in [1.54, 1.807) is 30.6 Å². The molecule has 0 saturated carbocycles. The largest absolute Gasteiger partial charge is 0.349 e. The van der Waals surface area contributed by atoms with Crippen molar-refractivity contribution in [3.63, 3.8) is 0 Å². The molecule has 0 aliphatic rings. The predicted molar refractivity (Wildman–Crippen MR) is 77.7 cm³/mol. The number of hydrogen-bond acceptors (Lipinski definition) is 4. The van der Waals surface area contributed by atoms with Gasteiger partial charge in [-0.15, -0.1) is 0 Å². The minimum atomic E-state index is -3.61. The Morgan fingerprint density at radius 1 is 1.45 bits per heavy atom. The van der Waals surface area contributed by atoms with Crippen LogP contribution in [0.5, 0.6) is 0 Å². The minimum Gasteiger partial charge on any atom is -0.349 e. The molecule has 2 rings (SSSR count). The summed E-state index contributed by atoms with van der Waals surface area (Å²) in [5.41, 5.74) is 6.88. The predicted octanol–water partition coefficient (Wildman–Crippen LogP) is 1.55. The van der Waals surface area contributed by atoms with E-state index in [9.17, 15) is 8.42 Å². The van der Waals surface area contributed by atoms with Gasteiger partial charge in [0.25, 0.3) is 10.0 Å². The Hall–Kier alpha value is -1.86. The fourth-order valence-corrected chi connectivity index (χ4v) is 3.04. The van der Waals surface area contributed by atoms with Gasteiger partial charge in [0.2, 0.25) is 0 Å². The summed E-state index contributed by atoms with van der Waals surface area (Å²) in [6.07, 6.45) is 5.58. The Bertz CT molecular complexity index is 665. The summed E-state index contributed by atoms with van der Waals surface area (Å²) in [5, 5.41) is 0. The zero-order valence-electron chi connectivity index (χ0n) is 11.3. The average Bonchev–Trinajstić information content (AvgIpc) is 2.84. The highest BCUT2D eigenvalue weighted by Gasteiger charge is 2.18. The van der Waals surface area contributed by atoms with E-state index >= 15 is 0 Å². The van der Waals surface area contributed by atoms with Crippen molar-refractivity contribution in [1.29, 1.82) is 0 Å². The van der Waals surface area contributed by atoms with Crippen molar-refractivity contribution >= 4 is 15.7 Å². The Labute approximate surface area is 118 Å². The number of aryl methyl sites for hydroxylation is 1. The summed E-state index contributed by atoms with van der Waals surface area (Å²) < 4.78 is 29.0. The Balaban J connectivity index is 2.30. The van der Waals surface area contributed by atoms with E-state index in [-0.39, 0.29) is 4.90 Å². The van der Waals surface area contributed by atoms with E-state index in [4.69, 9.17) is 5.73 Å². The van der Waals surface area contributed by atoms with Crippen LogP contribution in [0.25, 0.3) is 0 Å². The maximum Gasteiger partial charge on any atom is 0.263 e. The van der Waals surface area contributed by atoms with Gasteiger partial charge in [0.05, 0.1) is 11.9 Å². The molecule has 0 unspecified atom stereocenters. The van der Waals surface area contributed by atoms with Gasteiger partial charge in [0, 0.05) is 31.2 Å². The average molecular weight is 294 g/mol. The Kier molecular flexibility index (Phi) is 4.41. The standard InChI is InChI=1S/C13H18N4O2S/c1-2-6-17-10-13(7-12(17)8-14)20(18,19)16-11-4-3-5-15-9-11/h3-5,7,9-10,16H,2,6,8,14H2,1H3. The third kappa shape index (κ3) is 3.17. The first-order valence-electron chi connectivity index (χ1n) is 6.38. The zero-order chi connectivity index (χ0) is 14.6. The lowest BCUT2D eigenvalue weighted by atomic mass is 10.4. The molecule has 0 amide bonds. The summed E-state index contributed by atoms with van der Waals surface area (Å²) in [6, 6.07) is 4.93. The van der Waals surface area contributed by atoms with Crippen LogP contribution in [0.1, 0.15) is 19.0 Å². The van der Waals surface area contributed by atoms with E-state index in [1.165, 1.54) is 6.20 Å². The van der Waals surface area contributed by atoms with Gasteiger partial charge in [-0.2, -0.15) is 0 Å². The molecule has 2 heterocycles. The van der Waals surface area contributed by atoms with E-state index in [0.29, 0.717) is 12.2 Å². The first-order chi connectivity index (χ1) is 9.56. The second-order valence-corrected chi connectivity index (χ2v) is 6.09. The molecule has 0 spiro atoms. The SMILES string of the molecule is CCCn1cc(S(=O)(=O)Nc2cccnc2)cc1CN. The number of sulfonamides is 1. The molecule has 0 aliphatic carbocycles. The Morgan fingerprint density at radius 3 is 2.85 bits per heavy atom. The molecule has 7 heteroatoms. The highest BCUT2D eigenvalue weighted by molar-refractivity contribution is 7.92. The second kappa shape index (κ2) is 6.06. The molecule has 20 heavy (non-hydrogen) atoms. The lowest BCUT2D eigenvalue weighted by Gasteiger charge is -2.05. The van der Waals surface area contributed by atoms with Crippen molar-refractivity contribution in [2.75, 3.05) is 4.72 Å². The van der Waals surface area contributed by atoms with Crippen molar-refractivity contribution < 1.29 is 8.42 Å². The van der Waals surface area contributed by atoms with Crippen molar-refractivity contribution in [3.05, 3.63) is 42.5 Å². The molecule has 0 fully saturated rings. The van der Waals surface area contributed by atoms with Crippen molar-refractivity contribution in [1.82, 2.24) is 9.55 Å². The molecule has 2 aromatic heterocycles. The molecule has 3 N–H and O–H groups in total. The van der Waals surface area contributed by atoms with Gasteiger partial charge in [-0.3, -0.25) is 9.71 Å². The number of anilines is 1. The third-order valence-corrected chi connectivity index (χ3v) is 4.21. The molecule has 2 aromatic rings. The van der Waals surface area contributed by atoms with E-state index in [0.717, 1.165) is 18.7 Å². The fraction of sp³-hybridized carbons (Fsp3) is 0.308. The molecular formula is C13H18N4O2S. The lowest BCUT2D eigenvalue weighted by molar-refractivity contribution is 0.600. The monoisotopic (exact) mass is 294 g/mol. The number of nitrogens with two attached hydrogens (primary N) is 1. The highest BCUT2D eigenvalue weighted by atomic mass is 32.2. The van der Waals surface area contributed by atoms with Crippen molar-refractivity contribution in [3.8, 4) is 0 Å². The van der Waals surface area contributed by atoms with Crippen molar-refractivity contribution in [2.45, 2.75) is 31.3 Å². The van der Waals surface area contributed by atoms with Crippen LogP contribution in [0.4, 0.5) is 5.69 Å². The highest BCUT2D eigenvalue weighted by Crippen LogP contribution is 2.18. The minimum absolute atomic E-state index is 0.218. The van der Waals surface area contributed by atoms with Crippen LogP contribution in [-0.4, -0.2) is 18.0 Å². The summed E-state index contributed by atoms with van der Waals surface area (Å²) in [6.45, 7) is 3.08. The third-order valence-electron chi connectivity index (χ3n) is 2.86. The smallest absolute Gasteiger partial charge is 0.263 e. The van der Waals surface area contributed by atoms with Crippen LogP contribution in [0.15, 0.2) is 41.7 Å². The summed E-state index contributed by atoms with van der Waals surface area (Å²) >= 11 is 0. The summed E-state index contributed by atoms with van der Waals surface area (Å²) in [7, 11) is -3.61. The van der Waals surface area contributed by atoms with Crippen LogP contribution in [0.3, 0.4) is 0 Å². The Morgan fingerprint density at radius 2 is 2.25 bits per heavy atom. The van der Waals surface area contributed by atoms with Crippen LogP contribution in [0.2, 0.25) is 0 Å². The van der Waals surface area contributed by atoms with Crippen LogP contribution < -0.4 is 10.5 Å². The van der Waals surface area contributed by atoms with E-state index < -0.39 is 10.0 Å². The van der Waals surface area contributed by atoms with Gasteiger partial charge < -0.3 is 10.3 Å². The second-order valence-electron chi connectivity index (χ2n) is 4.41. The maximum absolute atomic E-state index is 12.3. The molecule has 0 aromatic carbocycles. The van der Waals surface area contributed by atoms with Gasteiger partial charge in [0.1, 0.15) is 4.90 Å². The molecule has 0 atom stereocenters. The van der Waals surface area contributed by atoms with E-state index in [1.807, 2.05) is 11.5 Å². The van der Waals surface area contributed by atoms with Gasteiger partial charge in [0.15, 0.2) is 0 Å². The quantitative estimate of drug-likeness (QED) is 0.846. The maximum atomic E-state index is 12.3. The van der Waals surface area contributed by atoms with Gasteiger partial charge in [-0.1, -0.05) is 6.92 Å². The number of aromatic nitrogens is 2. The number of rotatable bonds is 6. The molecule has 6 nitrogen and oxygen atoms in total. The molecule has 0 saturated heterocycles. The summed E-state index contributed by atoms with van der Waals surface area (Å²) in [5.74, 6) is 0. The number of pyridine rings is 1. The molecule has 0 radical (unpaired) electrons. The number of hydrogen-bond donors (Lipinski definition) is 2. The topological polar surface area (TPSA) is 90.0 Å². The van der Waals surface area contributed by atoms with E-state index in [2.05, 4.69) is 9.71 Å². The summed E-state index contributed by atoms with van der Waals surface area (Å²) in [4.78, 5) is 4.10. The fourth-order valence-electron chi connectivity index (χ4n) is 1.93. The van der Waals surface area contributed by atoms with Gasteiger partial charge in [-0.05, 0) is 24.6 Å². The van der Waals surface area contributed by atoms with Crippen LogP contribution in [0, 0.1) is 0 Å². The first-order valence-corrected chi connectivity index (χ1v) is 7.87. The lowest BCUT2D eigenvalue weighted by Crippen LogP contribution is -2.12. The molecular weight excluding hydrogens is 276 g/mol. The van der Waals surface area contributed by atoms with Gasteiger partial charge >= 0.3 is 0 Å². The number of nitrogens with one attached hydrogen (secondary N) is 1. The van der Waals surface area contributed by atoms with Gasteiger partial charge in [-0.25, -0.2) is 8.42 Å². The first kappa shape index (κ1) is 14.5. The van der Waals surface area contributed by atoms with Crippen LogP contribution in [-0.2, 0) is 23.1 Å². The normalized spacial score (nSPS) is 11.5. The van der Waals surface area contributed by atoms with Crippen LogP contribution >= 0.6 is 0 Å². The number of nitrogens with zero attached hydrogens (tertiary/aromatic N) is 2. The molecule has 108 valence electrons. The zero-order valence-corrected chi connectivity index (χ0v) is 12.1. The van der Waals surface area contributed by atoms with Crippen molar-refractivity contribution in [2.24, 2.45) is 5.73 Å². The molecule has 0 bridgehead atoms.